The molecule has 0 aliphatic carbocycles. The summed E-state index contributed by atoms with van der Waals surface area (Å²) in [6, 6.07) is 9.84. The van der Waals surface area contributed by atoms with E-state index in [1.54, 1.807) is 11.2 Å². The van der Waals surface area contributed by atoms with Crippen molar-refractivity contribution in [2.45, 2.75) is 32.7 Å². The minimum Gasteiger partial charge on any atom is -0.467 e. The number of hydrogen-bond acceptors (Lipinski definition) is 5. The number of nitrogens with zero attached hydrogens (tertiary/aromatic N) is 3. The average molecular weight is 337 g/mol. The van der Waals surface area contributed by atoms with Crippen LogP contribution in [0.5, 0.6) is 0 Å². The van der Waals surface area contributed by atoms with Crippen molar-refractivity contribution in [1.29, 1.82) is 0 Å². The molecule has 25 heavy (non-hydrogen) atoms. The van der Waals surface area contributed by atoms with Crippen LogP contribution in [0.1, 0.15) is 35.1 Å². The van der Waals surface area contributed by atoms with Gasteiger partial charge in [-0.1, -0.05) is 22.9 Å². The van der Waals surface area contributed by atoms with Gasteiger partial charge in [0.2, 0.25) is 17.6 Å². The van der Waals surface area contributed by atoms with Gasteiger partial charge in [0.05, 0.1) is 18.7 Å². The number of benzene rings is 1. The van der Waals surface area contributed by atoms with E-state index in [-0.39, 0.29) is 11.8 Å². The maximum absolute atomic E-state index is 12.3. The van der Waals surface area contributed by atoms with Crippen LogP contribution in [0, 0.1) is 13.8 Å². The molecule has 0 saturated carbocycles. The van der Waals surface area contributed by atoms with Crippen molar-refractivity contribution >= 4 is 5.91 Å². The van der Waals surface area contributed by atoms with Crippen molar-refractivity contribution in [3.8, 4) is 11.4 Å². The van der Waals surface area contributed by atoms with E-state index in [0.29, 0.717) is 31.2 Å². The predicted molar refractivity (Wildman–Crippen MR) is 90.7 cm³/mol. The molecular weight excluding hydrogens is 318 g/mol. The van der Waals surface area contributed by atoms with Crippen LogP contribution in [0.2, 0.25) is 0 Å². The lowest BCUT2D eigenvalue weighted by Gasteiger charge is -2.13. The molecule has 6 heteroatoms. The fourth-order valence-corrected chi connectivity index (χ4v) is 3.17. The molecular formula is C19H19N3O3. The lowest BCUT2D eigenvalue weighted by molar-refractivity contribution is -0.128. The van der Waals surface area contributed by atoms with Crippen molar-refractivity contribution in [2.75, 3.05) is 6.54 Å². The average Bonchev–Trinajstić information content (AvgIpc) is 3.32. The molecule has 1 unspecified atom stereocenters. The van der Waals surface area contributed by atoms with Crippen LogP contribution in [0.3, 0.4) is 0 Å². The Morgan fingerprint density at radius 2 is 2.16 bits per heavy atom. The lowest BCUT2D eigenvalue weighted by atomic mass is 10.1. The van der Waals surface area contributed by atoms with Gasteiger partial charge in [0.15, 0.2) is 0 Å². The molecule has 6 nitrogen and oxygen atoms in total. The molecule has 3 aromatic rings. The normalized spacial score (nSPS) is 17.4. The highest BCUT2D eigenvalue weighted by atomic mass is 16.5. The Hall–Kier alpha value is -2.89. The van der Waals surface area contributed by atoms with Crippen LogP contribution in [0.15, 0.2) is 45.5 Å². The van der Waals surface area contributed by atoms with Crippen LogP contribution in [-0.4, -0.2) is 27.5 Å². The number of aryl methyl sites for hydroxylation is 2. The van der Waals surface area contributed by atoms with E-state index in [9.17, 15) is 4.79 Å². The molecule has 4 rings (SSSR count). The molecule has 3 heterocycles. The zero-order chi connectivity index (χ0) is 17.4. The van der Waals surface area contributed by atoms with Gasteiger partial charge in [-0.2, -0.15) is 4.98 Å². The molecule has 0 spiro atoms. The Bertz CT molecular complexity index is 899. The molecule has 1 aliphatic heterocycles. The Labute approximate surface area is 145 Å². The molecule has 0 N–H and O–H groups in total. The van der Waals surface area contributed by atoms with Gasteiger partial charge in [-0.3, -0.25) is 4.79 Å². The fraction of sp³-hybridized carbons (Fsp3) is 0.316. The van der Waals surface area contributed by atoms with E-state index < -0.39 is 0 Å². The summed E-state index contributed by atoms with van der Waals surface area (Å²) in [7, 11) is 0. The van der Waals surface area contributed by atoms with Crippen molar-refractivity contribution in [3.05, 3.63) is 59.4 Å². The van der Waals surface area contributed by atoms with Gasteiger partial charge in [-0.25, -0.2) is 0 Å². The number of aromatic nitrogens is 2. The summed E-state index contributed by atoms with van der Waals surface area (Å²) in [6.07, 6.45) is 2.00. The van der Waals surface area contributed by atoms with E-state index in [1.165, 1.54) is 0 Å². The van der Waals surface area contributed by atoms with Gasteiger partial charge in [0.1, 0.15) is 5.76 Å². The Morgan fingerprint density at radius 3 is 2.96 bits per heavy atom. The predicted octanol–water partition coefficient (Wildman–Crippen LogP) is 3.46. The number of likely N-dealkylation sites (tertiary alicyclic amines) is 1. The first-order chi connectivity index (χ1) is 12.1. The first-order valence-corrected chi connectivity index (χ1v) is 8.31. The Kier molecular flexibility index (Phi) is 3.87. The third kappa shape index (κ3) is 3.07. The number of hydrogen-bond donors (Lipinski definition) is 0. The molecule has 1 aromatic carbocycles. The molecule has 0 bridgehead atoms. The summed E-state index contributed by atoms with van der Waals surface area (Å²) in [5, 5.41) is 4.12. The van der Waals surface area contributed by atoms with Gasteiger partial charge in [-0.15, -0.1) is 0 Å². The van der Waals surface area contributed by atoms with Gasteiger partial charge in [-0.05, 0) is 37.6 Å². The first kappa shape index (κ1) is 15.6. The third-order valence-electron chi connectivity index (χ3n) is 4.57. The van der Waals surface area contributed by atoms with Crippen molar-refractivity contribution in [1.82, 2.24) is 15.0 Å². The van der Waals surface area contributed by atoms with Crippen LogP contribution in [0.4, 0.5) is 0 Å². The molecule has 1 saturated heterocycles. The van der Waals surface area contributed by atoms with Crippen molar-refractivity contribution in [2.24, 2.45) is 0 Å². The van der Waals surface area contributed by atoms with E-state index in [0.717, 1.165) is 22.5 Å². The Morgan fingerprint density at radius 1 is 1.28 bits per heavy atom. The van der Waals surface area contributed by atoms with Gasteiger partial charge >= 0.3 is 0 Å². The van der Waals surface area contributed by atoms with E-state index in [2.05, 4.69) is 16.2 Å². The molecule has 2 aromatic heterocycles. The zero-order valence-corrected chi connectivity index (χ0v) is 14.2. The van der Waals surface area contributed by atoms with Crippen LogP contribution >= 0.6 is 0 Å². The summed E-state index contributed by atoms with van der Waals surface area (Å²) >= 11 is 0. The third-order valence-corrected chi connectivity index (χ3v) is 4.57. The second kappa shape index (κ2) is 6.20. The van der Waals surface area contributed by atoms with Crippen LogP contribution < -0.4 is 0 Å². The summed E-state index contributed by atoms with van der Waals surface area (Å²) in [6.45, 7) is 5.09. The summed E-state index contributed by atoms with van der Waals surface area (Å²) in [5.74, 6) is 1.87. The minimum atomic E-state index is -0.0752. The highest BCUT2D eigenvalue weighted by Crippen LogP contribution is 2.30. The van der Waals surface area contributed by atoms with Gasteiger partial charge < -0.3 is 13.8 Å². The number of carbonyl (C=O) groups excluding carboxylic acids is 1. The molecule has 1 aliphatic rings. The highest BCUT2D eigenvalue weighted by molar-refractivity contribution is 5.79. The van der Waals surface area contributed by atoms with Crippen molar-refractivity contribution < 1.29 is 13.7 Å². The molecule has 128 valence electrons. The standard InChI is InChI=1S/C19H19N3O3/c1-12-5-6-13(2)16(8-12)18-20-19(25-21-18)14-9-17(23)22(10-14)11-15-4-3-7-24-15/h3-8,14H,9-11H2,1-2H3. The number of rotatable bonds is 4. The monoisotopic (exact) mass is 337 g/mol. The largest absolute Gasteiger partial charge is 0.467 e. The maximum atomic E-state index is 12.3. The van der Waals surface area contributed by atoms with Gasteiger partial charge in [0, 0.05) is 18.5 Å². The number of carbonyl (C=O) groups is 1. The molecule has 1 fully saturated rings. The van der Waals surface area contributed by atoms with Crippen LogP contribution in [0.25, 0.3) is 11.4 Å². The topological polar surface area (TPSA) is 72.4 Å². The zero-order valence-electron chi connectivity index (χ0n) is 14.2. The second-order valence-corrected chi connectivity index (χ2v) is 6.53. The van der Waals surface area contributed by atoms with Crippen LogP contribution in [-0.2, 0) is 11.3 Å². The SMILES string of the molecule is Cc1ccc(C)c(-c2noc(C3CC(=O)N(Cc4ccco4)C3)n2)c1. The van der Waals surface area contributed by atoms with E-state index >= 15 is 0 Å². The summed E-state index contributed by atoms with van der Waals surface area (Å²) in [5.41, 5.74) is 3.21. The maximum Gasteiger partial charge on any atom is 0.232 e. The van der Waals surface area contributed by atoms with Gasteiger partial charge in [0.25, 0.3) is 0 Å². The van der Waals surface area contributed by atoms with E-state index in [1.807, 2.05) is 38.1 Å². The summed E-state index contributed by atoms with van der Waals surface area (Å²) in [4.78, 5) is 18.6. The van der Waals surface area contributed by atoms with Crippen molar-refractivity contribution in [3.63, 3.8) is 0 Å². The van der Waals surface area contributed by atoms with E-state index in [4.69, 9.17) is 8.94 Å². The number of furan rings is 1. The number of amides is 1. The minimum absolute atomic E-state index is 0.0752. The molecule has 1 atom stereocenters. The lowest BCUT2D eigenvalue weighted by Crippen LogP contribution is -2.24. The fourth-order valence-electron chi connectivity index (χ4n) is 3.17. The summed E-state index contributed by atoms with van der Waals surface area (Å²) < 4.78 is 10.8. The molecule has 1 amide bonds. The highest BCUT2D eigenvalue weighted by Gasteiger charge is 2.34. The smallest absolute Gasteiger partial charge is 0.232 e. The quantitative estimate of drug-likeness (QED) is 0.729. The first-order valence-electron chi connectivity index (χ1n) is 8.31. The second-order valence-electron chi connectivity index (χ2n) is 6.53. The Balaban J connectivity index is 1.53. The molecule has 0 radical (unpaired) electrons.